The molecule has 0 bridgehead atoms. The molecule has 10 atom stereocenters. The monoisotopic (exact) mass is 594 g/mol. The Balaban J connectivity index is 1.42. The van der Waals surface area contributed by atoms with E-state index in [0.29, 0.717) is 0 Å². The predicted octanol–water partition coefficient (Wildman–Crippen LogP) is -1.39. The number of phenolic OH excluding ortho intramolecular Hbond substituents is 3. The van der Waals surface area contributed by atoms with Crippen LogP contribution < -0.4 is 10.2 Å². The molecule has 15 heteroatoms. The Bertz CT molecular complexity index is 1490. The van der Waals surface area contributed by atoms with Crippen molar-refractivity contribution in [1.29, 1.82) is 0 Å². The summed E-state index contributed by atoms with van der Waals surface area (Å²) >= 11 is 0. The smallest absolute Gasteiger partial charge is 0.229 e. The molecule has 228 valence electrons. The molecule has 2 fully saturated rings. The van der Waals surface area contributed by atoms with Gasteiger partial charge in [0.25, 0.3) is 0 Å². The number of aromatic hydroxyl groups is 3. The number of ether oxygens (including phenoxy) is 4. The van der Waals surface area contributed by atoms with Crippen LogP contribution in [0.15, 0.2) is 45.6 Å². The molecule has 1 aromatic heterocycles. The third kappa shape index (κ3) is 5.49. The van der Waals surface area contributed by atoms with Crippen LogP contribution >= 0.6 is 0 Å². The van der Waals surface area contributed by atoms with Crippen LogP contribution in [0, 0.1) is 0 Å². The van der Waals surface area contributed by atoms with E-state index in [2.05, 4.69) is 0 Å². The van der Waals surface area contributed by atoms with Crippen molar-refractivity contribution in [2.45, 2.75) is 68.3 Å². The van der Waals surface area contributed by atoms with E-state index in [-0.39, 0.29) is 33.8 Å². The van der Waals surface area contributed by atoms with E-state index in [4.69, 9.17) is 23.4 Å². The lowest BCUT2D eigenvalue weighted by molar-refractivity contribution is -0.354. The molecule has 15 nitrogen and oxygen atoms in total. The minimum absolute atomic E-state index is 0.0216. The largest absolute Gasteiger partial charge is 0.508 e. The summed E-state index contributed by atoms with van der Waals surface area (Å²) in [5.41, 5.74) is -0.518. The van der Waals surface area contributed by atoms with Gasteiger partial charge >= 0.3 is 0 Å². The maximum absolute atomic E-state index is 12.6. The summed E-state index contributed by atoms with van der Waals surface area (Å²) in [6.07, 6.45) is -15.4. The average molecular weight is 595 g/mol. The summed E-state index contributed by atoms with van der Waals surface area (Å²) in [7, 11) is 0. The van der Waals surface area contributed by atoms with Gasteiger partial charge in [0.15, 0.2) is 29.3 Å². The molecule has 2 aliphatic heterocycles. The van der Waals surface area contributed by atoms with Gasteiger partial charge in [0.2, 0.25) is 6.29 Å². The molecule has 5 unspecified atom stereocenters. The van der Waals surface area contributed by atoms with Crippen LogP contribution in [0.4, 0.5) is 0 Å². The lowest BCUT2D eigenvalue weighted by Gasteiger charge is -2.45. The van der Waals surface area contributed by atoms with Gasteiger partial charge in [-0.1, -0.05) is 0 Å². The van der Waals surface area contributed by atoms with Gasteiger partial charge in [0.1, 0.15) is 64.9 Å². The first-order valence-corrected chi connectivity index (χ1v) is 12.9. The van der Waals surface area contributed by atoms with Crippen LogP contribution in [0.2, 0.25) is 0 Å². The molecule has 5 rings (SSSR count). The second-order valence-electron chi connectivity index (χ2n) is 10.1. The molecule has 3 heterocycles. The van der Waals surface area contributed by atoms with Crippen molar-refractivity contribution < 1.29 is 69.3 Å². The highest BCUT2D eigenvalue weighted by molar-refractivity contribution is 5.86. The second kappa shape index (κ2) is 11.6. The summed E-state index contributed by atoms with van der Waals surface area (Å²) in [5, 5.41) is 91.5. The summed E-state index contributed by atoms with van der Waals surface area (Å²) < 4.78 is 28.0. The Morgan fingerprint density at radius 1 is 0.810 bits per heavy atom. The fraction of sp³-hybridized carbons (Fsp3) is 0.444. The van der Waals surface area contributed by atoms with Gasteiger partial charge in [0, 0.05) is 23.8 Å². The van der Waals surface area contributed by atoms with Gasteiger partial charge in [-0.15, -0.1) is 0 Å². The minimum Gasteiger partial charge on any atom is -0.508 e. The number of rotatable bonds is 6. The van der Waals surface area contributed by atoms with Crippen molar-refractivity contribution in [3.63, 3.8) is 0 Å². The molecule has 2 aliphatic rings. The van der Waals surface area contributed by atoms with E-state index in [1.165, 1.54) is 25.1 Å². The van der Waals surface area contributed by atoms with E-state index in [1.54, 1.807) is 0 Å². The number of aliphatic hydroxyl groups is 6. The topological polar surface area (TPSA) is 249 Å². The molecule has 42 heavy (non-hydrogen) atoms. The van der Waals surface area contributed by atoms with Crippen LogP contribution in [0.5, 0.6) is 23.0 Å². The average Bonchev–Trinajstić information content (AvgIpc) is 2.94. The fourth-order valence-corrected chi connectivity index (χ4v) is 4.87. The van der Waals surface area contributed by atoms with Crippen LogP contribution in [0.25, 0.3) is 22.3 Å². The van der Waals surface area contributed by atoms with Gasteiger partial charge in [-0.05, 0) is 25.1 Å². The normalized spacial score (nSPS) is 33.5. The van der Waals surface area contributed by atoms with Crippen molar-refractivity contribution >= 4 is 11.0 Å². The van der Waals surface area contributed by atoms with Gasteiger partial charge < -0.3 is 69.3 Å². The Morgan fingerprint density at radius 3 is 2.24 bits per heavy atom. The molecule has 0 spiro atoms. The standard InChI is InChI=1S/C27H30O15/c1-9-20(33)22(35)24(37)26(38-9)42-25-23(36)21(34)18(8-28)41-27(25)40-15-3-2-10(4-12(15)30)16-7-14(32)19-13(31)5-11(29)6-17(19)39-16/h2-7,9,18,20-31,33-37H,8H2,1H3/t9?,18?,20-,21+,22?,23?,24-,25?,26-,27+/m0/s1. The minimum atomic E-state index is -1.77. The van der Waals surface area contributed by atoms with Gasteiger partial charge in [-0.2, -0.15) is 0 Å². The Kier molecular flexibility index (Phi) is 8.30. The number of hydrogen-bond acceptors (Lipinski definition) is 15. The number of fused-ring (bicyclic) bond motifs is 1. The first-order chi connectivity index (χ1) is 19.9. The number of aliphatic hydroxyl groups excluding tert-OH is 6. The first kappa shape index (κ1) is 30.0. The molecule has 9 N–H and O–H groups in total. The highest BCUT2D eigenvalue weighted by Crippen LogP contribution is 2.37. The highest BCUT2D eigenvalue weighted by atomic mass is 16.8. The lowest BCUT2D eigenvalue weighted by atomic mass is 9.97. The van der Waals surface area contributed by atoms with Crippen LogP contribution in [-0.2, 0) is 14.2 Å². The maximum atomic E-state index is 12.6. The molecular formula is C27H30O15. The van der Waals surface area contributed by atoms with E-state index in [9.17, 15) is 50.8 Å². The number of hydrogen-bond donors (Lipinski definition) is 9. The van der Waals surface area contributed by atoms with Crippen molar-refractivity contribution in [3.05, 3.63) is 46.6 Å². The molecule has 0 saturated carbocycles. The van der Waals surface area contributed by atoms with Crippen LogP contribution in [0.1, 0.15) is 6.92 Å². The van der Waals surface area contributed by atoms with Gasteiger partial charge in [-0.25, -0.2) is 0 Å². The fourth-order valence-electron chi connectivity index (χ4n) is 4.87. The third-order valence-corrected chi connectivity index (χ3v) is 7.21. The Hall–Kier alpha value is -3.51. The van der Waals surface area contributed by atoms with Crippen molar-refractivity contribution in [1.82, 2.24) is 0 Å². The molecular weight excluding hydrogens is 564 g/mol. The molecule has 0 aliphatic carbocycles. The van der Waals surface area contributed by atoms with E-state index < -0.39 is 84.9 Å². The van der Waals surface area contributed by atoms with Crippen molar-refractivity contribution in [2.75, 3.05) is 6.61 Å². The van der Waals surface area contributed by atoms with E-state index in [0.717, 1.165) is 18.2 Å². The molecule has 2 aromatic carbocycles. The Morgan fingerprint density at radius 2 is 1.55 bits per heavy atom. The summed E-state index contributed by atoms with van der Waals surface area (Å²) in [5.74, 6) is -1.56. The molecule has 3 aromatic rings. The number of benzene rings is 2. The van der Waals surface area contributed by atoms with Gasteiger partial charge in [0.05, 0.1) is 12.7 Å². The summed E-state index contributed by atoms with van der Waals surface area (Å²) in [6.45, 7) is 0.684. The SMILES string of the molecule is CC1O[C@@H](OC2C(O)[C@H](O)C(CO)O[C@H]2Oc2ccc(-c3cc(=O)c4c(O)cc(O)cc4o3)cc2O)[C@@H](O)C(O)[C@H]1O. The first-order valence-electron chi connectivity index (χ1n) is 12.9. The maximum Gasteiger partial charge on any atom is 0.229 e. The van der Waals surface area contributed by atoms with Crippen molar-refractivity contribution in [2.24, 2.45) is 0 Å². The van der Waals surface area contributed by atoms with E-state index in [1.807, 2.05) is 0 Å². The van der Waals surface area contributed by atoms with E-state index >= 15 is 0 Å². The van der Waals surface area contributed by atoms with Gasteiger partial charge in [-0.3, -0.25) is 4.79 Å². The third-order valence-electron chi connectivity index (χ3n) is 7.21. The Labute approximate surface area is 236 Å². The zero-order chi connectivity index (χ0) is 30.5. The second-order valence-corrected chi connectivity index (χ2v) is 10.1. The predicted molar refractivity (Wildman–Crippen MR) is 139 cm³/mol. The summed E-state index contributed by atoms with van der Waals surface area (Å²) in [4.78, 5) is 12.6. The quantitative estimate of drug-likeness (QED) is 0.159. The van der Waals surface area contributed by atoms with Crippen LogP contribution in [-0.4, -0.2) is 114 Å². The zero-order valence-electron chi connectivity index (χ0n) is 21.9. The zero-order valence-corrected chi connectivity index (χ0v) is 21.9. The number of phenols is 3. The van der Waals surface area contributed by atoms with Crippen LogP contribution in [0.3, 0.4) is 0 Å². The molecule has 0 radical (unpaired) electrons. The molecule has 2 saturated heterocycles. The highest BCUT2D eigenvalue weighted by Gasteiger charge is 2.51. The van der Waals surface area contributed by atoms with Crippen molar-refractivity contribution in [3.8, 4) is 34.3 Å². The summed E-state index contributed by atoms with van der Waals surface area (Å²) in [6, 6.07) is 7.03. The molecule has 0 amide bonds. The lowest BCUT2D eigenvalue weighted by Crippen LogP contribution is -2.64.